The average Bonchev–Trinajstić information content (AvgIpc) is 3.12. The highest BCUT2D eigenvalue weighted by molar-refractivity contribution is 7.12. The number of carbonyl (C=O) groups is 1. The van der Waals surface area contributed by atoms with Gasteiger partial charge >= 0.3 is 6.09 Å². The van der Waals surface area contributed by atoms with Crippen molar-refractivity contribution >= 4 is 17.4 Å². The van der Waals surface area contributed by atoms with Crippen molar-refractivity contribution in [2.45, 2.75) is 76.3 Å². The van der Waals surface area contributed by atoms with Crippen molar-refractivity contribution in [1.29, 1.82) is 0 Å². The first-order chi connectivity index (χ1) is 11.7. The van der Waals surface area contributed by atoms with Crippen molar-refractivity contribution in [3.05, 3.63) is 21.4 Å². The van der Waals surface area contributed by atoms with Crippen LogP contribution in [0.3, 0.4) is 0 Å². The first-order valence-corrected chi connectivity index (χ1v) is 9.97. The normalized spacial score (nSPS) is 23.6. The molecule has 0 unspecified atom stereocenters. The quantitative estimate of drug-likeness (QED) is 0.826. The predicted molar refractivity (Wildman–Crippen MR) is 95.7 cm³/mol. The number of aliphatic hydroxyl groups excluding tert-OH is 1. The summed E-state index contributed by atoms with van der Waals surface area (Å²) < 4.78 is 12.2. The number of likely N-dealkylation sites (tertiary alicyclic amines) is 1. The summed E-state index contributed by atoms with van der Waals surface area (Å²) in [5, 5.41) is 9.54. The molecule has 1 N–H and O–H groups in total. The lowest BCUT2D eigenvalue weighted by Crippen LogP contribution is -2.51. The number of hydrogen-bond donors (Lipinski definition) is 1. The van der Waals surface area contributed by atoms with E-state index in [2.05, 4.69) is 6.07 Å². The molecule has 2 aliphatic heterocycles. The highest BCUT2D eigenvalue weighted by atomic mass is 32.1. The SMILES string of the molecule is CC(C)(C)OC(=O)N1CCC2(CC1)OC1(CC1)Cc1cc(CO)sc12. The van der Waals surface area contributed by atoms with Crippen LogP contribution < -0.4 is 0 Å². The third kappa shape index (κ3) is 3.20. The van der Waals surface area contributed by atoms with Crippen LogP contribution >= 0.6 is 11.3 Å². The Balaban J connectivity index is 1.54. The van der Waals surface area contributed by atoms with Gasteiger partial charge in [0, 0.05) is 29.3 Å². The molecule has 0 aromatic carbocycles. The predicted octanol–water partition coefficient (Wildman–Crippen LogP) is 3.57. The van der Waals surface area contributed by atoms with Gasteiger partial charge in [-0.15, -0.1) is 11.3 Å². The molecule has 2 fully saturated rings. The van der Waals surface area contributed by atoms with E-state index in [1.807, 2.05) is 20.8 Å². The first-order valence-electron chi connectivity index (χ1n) is 9.15. The minimum Gasteiger partial charge on any atom is -0.444 e. The largest absolute Gasteiger partial charge is 0.444 e. The van der Waals surface area contributed by atoms with Crippen LogP contribution in [0.5, 0.6) is 0 Å². The molecule has 1 saturated heterocycles. The Kier molecular flexibility index (Phi) is 3.94. The van der Waals surface area contributed by atoms with E-state index in [1.165, 1.54) is 10.4 Å². The van der Waals surface area contributed by atoms with E-state index < -0.39 is 5.60 Å². The Bertz CT molecular complexity index is 678. The standard InChI is InChI=1S/C19H27NO4S/c1-17(2,3)23-16(22)20-8-6-19(7-9-20)15-13(10-14(12-21)25-15)11-18(24-19)4-5-18/h10,21H,4-9,11-12H2,1-3H3. The Hall–Kier alpha value is -1.11. The summed E-state index contributed by atoms with van der Waals surface area (Å²) in [5.41, 5.74) is 0.599. The Morgan fingerprint density at radius 1 is 1.32 bits per heavy atom. The van der Waals surface area contributed by atoms with Crippen molar-refractivity contribution in [3.63, 3.8) is 0 Å². The molecule has 1 aliphatic carbocycles. The maximum Gasteiger partial charge on any atom is 0.410 e. The van der Waals surface area contributed by atoms with E-state index in [-0.39, 0.29) is 23.9 Å². The monoisotopic (exact) mass is 365 g/mol. The second-order valence-electron chi connectivity index (χ2n) is 8.65. The smallest absolute Gasteiger partial charge is 0.410 e. The number of nitrogens with zero attached hydrogens (tertiary/aromatic N) is 1. The number of piperidine rings is 1. The number of fused-ring (bicyclic) bond motifs is 2. The van der Waals surface area contributed by atoms with Gasteiger partial charge in [0.2, 0.25) is 0 Å². The van der Waals surface area contributed by atoms with Gasteiger partial charge in [-0.2, -0.15) is 0 Å². The van der Waals surface area contributed by atoms with Crippen LogP contribution in [0.15, 0.2) is 6.07 Å². The molecular formula is C19H27NO4S. The summed E-state index contributed by atoms with van der Waals surface area (Å²) in [6.45, 7) is 7.07. The van der Waals surface area contributed by atoms with Gasteiger partial charge in [-0.25, -0.2) is 4.79 Å². The highest BCUT2D eigenvalue weighted by Crippen LogP contribution is 2.57. The molecule has 3 aliphatic rings. The van der Waals surface area contributed by atoms with E-state index in [0.29, 0.717) is 13.1 Å². The minimum atomic E-state index is -0.470. The summed E-state index contributed by atoms with van der Waals surface area (Å²) >= 11 is 1.68. The molecular weight excluding hydrogens is 338 g/mol. The number of aliphatic hydroxyl groups is 1. The number of rotatable bonds is 1. The molecule has 2 spiro atoms. The molecule has 25 heavy (non-hydrogen) atoms. The maximum absolute atomic E-state index is 12.4. The van der Waals surface area contributed by atoms with Gasteiger partial charge in [0.1, 0.15) is 11.2 Å². The molecule has 4 rings (SSSR count). The van der Waals surface area contributed by atoms with E-state index in [9.17, 15) is 9.90 Å². The van der Waals surface area contributed by atoms with Gasteiger partial charge in [0.15, 0.2) is 0 Å². The van der Waals surface area contributed by atoms with Crippen LogP contribution in [0.1, 0.15) is 61.8 Å². The zero-order valence-corrected chi connectivity index (χ0v) is 16.1. The van der Waals surface area contributed by atoms with Crippen molar-refractivity contribution in [1.82, 2.24) is 4.90 Å². The summed E-state index contributed by atoms with van der Waals surface area (Å²) in [6, 6.07) is 2.16. The first kappa shape index (κ1) is 17.3. The molecule has 1 aromatic heterocycles. The molecule has 1 saturated carbocycles. The molecule has 1 aromatic rings. The second kappa shape index (κ2) is 5.69. The fourth-order valence-electron chi connectivity index (χ4n) is 4.05. The summed E-state index contributed by atoms with van der Waals surface area (Å²) in [4.78, 5) is 16.4. The number of thiophene rings is 1. The van der Waals surface area contributed by atoms with Gasteiger partial charge in [-0.1, -0.05) is 0 Å². The summed E-state index contributed by atoms with van der Waals surface area (Å²) in [6.07, 6.45) is 4.57. The number of carbonyl (C=O) groups excluding carboxylic acids is 1. The van der Waals surface area contributed by atoms with Gasteiger partial charge in [0.05, 0.1) is 12.2 Å². The fraction of sp³-hybridized carbons (Fsp3) is 0.737. The zero-order valence-electron chi connectivity index (χ0n) is 15.3. The second-order valence-corrected chi connectivity index (χ2v) is 9.79. The molecule has 0 radical (unpaired) electrons. The van der Waals surface area contributed by atoms with Gasteiger partial charge < -0.3 is 19.5 Å². The number of amides is 1. The third-order valence-corrected chi connectivity index (χ3v) is 6.73. The molecule has 0 bridgehead atoms. The van der Waals surface area contributed by atoms with Crippen LogP contribution in [0.25, 0.3) is 0 Å². The highest BCUT2D eigenvalue weighted by Gasteiger charge is 2.56. The van der Waals surface area contributed by atoms with Crippen LogP contribution in [0.4, 0.5) is 4.79 Å². The van der Waals surface area contributed by atoms with Crippen LogP contribution in [0, 0.1) is 0 Å². The lowest BCUT2D eigenvalue weighted by Gasteiger charge is -2.46. The van der Waals surface area contributed by atoms with Crippen LogP contribution in [0.2, 0.25) is 0 Å². The zero-order chi connectivity index (χ0) is 17.9. The lowest BCUT2D eigenvalue weighted by atomic mass is 9.83. The average molecular weight is 365 g/mol. The van der Waals surface area contributed by atoms with Gasteiger partial charge in [-0.05, 0) is 58.1 Å². The lowest BCUT2D eigenvalue weighted by molar-refractivity contribution is -0.148. The third-order valence-electron chi connectivity index (χ3n) is 5.38. The Morgan fingerprint density at radius 3 is 2.56 bits per heavy atom. The van der Waals surface area contributed by atoms with Crippen LogP contribution in [-0.4, -0.2) is 40.4 Å². The number of ether oxygens (including phenoxy) is 2. The molecule has 6 heteroatoms. The Morgan fingerprint density at radius 2 is 2.00 bits per heavy atom. The molecule has 1 amide bonds. The molecule has 0 atom stereocenters. The van der Waals surface area contributed by atoms with Gasteiger partial charge in [-0.3, -0.25) is 0 Å². The van der Waals surface area contributed by atoms with E-state index >= 15 is 0 Å². The van der Waals surface area contributed by atoms with Crippen molar-refractivity contribution in [2.75, 3.05) is 13.1 Å². The summed E-state index contributed by atoms with van der Waals surface area (Å²) in [7, 11) is 0. The molecule has 138 valence electrons. The summed E-state index contributed by atoms with van der Waals surface area (Å²) in [5.74, 6) is 0. The van der Waals surface area contributed by atoms with Crippen molar-refractivity contribution in [3.8, 4) is 0 Å². The number of hydrogen-bond acceptors (Lipinski definition) is 5. The van der Waals surface area contributed by atoms with Crippen LogP contribution in [-0.2, 0) is 28.1 Å². The van der Waals surface area contributed by atoms with Crippen molar-refractivity contribution in [2.24, 2.45) is 0 Å². The maximum atomic E-state index is 12.4. The minimum absolute atomic E-state index is 0.00882. The topological polar surface area (TPSA) is 59.0 Å². The molecule has 3 heterocycles. The Labute approximate surface area is 152 Å². The van der Waals surface area contributed by atoms with E-state index in [4.69, 9.17) is 9.47 Å². The fourth-order valence-corrected chi connectivity index (χ4v) is 5.27. The van der Waals surface area contributed by atoms with E-state index in [0.717, 1.165) is 37.0 Å². The molecule has 5 nitrogen and oxygen atoms in total. The van der Waals surface area contributed by atoms with Crippen molar-refractivity contribution < 1.29 is 19.4 Å². The van der Waals surface area contributed by atoms with E-state index in [1.54, 1.807) is 16.2 Å². The van der Waals surface area contributed by atoms with Gasteiger partial charge in [0.25, 0.3) is 0 Å².